The number of nitrogens with one attached hydrogen (secondary N) is 1. The number of thiazole rings is 1. The number of carboxylic acid groups (broad SMARTS) is 1. The van der Waals surface area contributed by atoms with E-state index >= 15 is 0 Å². The van der Waals surface area contributed by atoms with Gasteiger partial charge in [-0.2, -0.15) is 0 Å². The van der Waals surface area contributed by atoms with E-state index in [-0.39, 0.29) is 12.3 Å². The van der Waals surface area contributed by atoms with Crippen molar-refractivity contribution in [2.24, 2.45) is 0 Å². The highest BCUT2D eigenvalue weighted by molar-refractivity contribution is 7.09. The first-order valence-electron chi connectivity index (χ1n) is 5.49. The van der Waals surface area contributed by atoms with Crippen LogP contribution in [0, 0.1) is 0 Å². The number of aliphatic carboxylic acids is 1. The van der Waals surface area contributed by atoms with Crippen LogP contribution in [0.25, 0.3) is 0 Å². The Balaban J connectivity index is 2.48. The van der Waals surface area contributed by atoms with E-state index < -0.39 is 12.0 Å². The van der Waals surface area contributed by atoms with E-state index in [9.17, 15) is 9.59 Å². The van der Waals surface area contributed by atoms with Gasteiger partial charge in [0, 0.05) is 26.0 Å². The van der Waals surface area contributed by atoms with Crippen molar-refractivity contribution < 1.29 is 14.7 Å². The summed E-state index contributed by atoms with van der Waals surface area (Å²) in [5.41, 5.74) is 0.759. The van der Waals surface area contributed by atoms with Crippen molar-refractivity contribution in [2.75, 3.05) is 14.1 Å². The molecule has 1 rings (SSSR count). The lowest BCUT2D eigenvalue weighted by Crippen LogP contribution is -2.33. The van der Waals surface area contributed by atoms with Crippen molar-refractivity contribution >= 4 is 23.2 Å². The van der Waals surface area contributed by atoms with Gasteiger partial charge < -0.3 is 10.0 Å². The Morgan fingerprint density at radius 2 is 2.22 bits per heavy atom. The van der Waals surface area contributed by atoms with Crippen LogP contribution in [0.5, 0.6) is 0 Å². The molecule has 2 N–H and O–H groups in total. The molecule has 0 aliphatic carbocycles. The van der Waals surface area contributed by atoms with E-state index in [1.807, 2.05) is 5.38 Å². The Kier molecular flexibility index (Phi) is 5.24. The van der Waals surface area contributed by atoms with Gasteiger partial charge in [-0.15, -0.1) is 11.3 Å². The standard InChI is InChI=1S/C11H17N3O3S/c1-7(11(16)17)12-5-8-6-18-9(13-8)4-10(15)14(2)3/h6-7,12H,4-5H2,1-3H3,(H,16,17)/t7-/m1/s1. The number of rotatable bonds is 6. The van der Waals surface area contributed by atoms with Gasteiger partial charge in [-0.1, -0.05) is 0 Å². The first-order chi connectivity index (χ1) is 8.40. The fraction of sp³-hybridized carbons (Fsp3) is 0.545. The second-order valence-corrected chi connectivity index (χ2v) is 5.08. The summed E-state index contributed by atoms with van der Waals surface area (Å²) in [5.74, 6) is -0.893. The Bertz CT molecular complexity index is 431. The molecule has 1 atom stereocenters. The quantitative estimate of drug-likeness (QED) is 0.779. The van der Waals surface area contributed by atoms with Gasteiger partial charge in [0.2, 0.25) is 5.91 Å². The third-order valence-corrected chi connectivity index (χ3v) is 3.26. The molecule has 18 heavy (non-hydrogen) atoms. The number of carboxylic acids is 1. The minimum Gasteiger partial charge on any atom is -0.480 e. The second kappa shape index (κ2) is 6.46. The lowest BCUT2D eigenvalue weighted by atomic mass is 10.3. The summed E-state index contributed by atoms with van der Waals surface area (Å²) in [6.45, 7) is 1.96. The lowest BCUT2D eigenvalue weighted by Gasteiger charge is -2.08. The molecule has 0 bridgehead atoms. The summed E-state index contributed by atoms with van der Waals surface area (Å²) >= 11 is 1.41. The first-order valence-corrected chi connectivity index (χ1v) is 6.37. The van der Waals surface area contributed by atoms with E-state index in [0.717, 1.165) is 10.7 Å². The number of carbonyl (C=O) groups excluding carboxylic acids is 1. The Hall–Kier alpha value is -1.47. The van der Waals surface area contributed by atoms with E-state index in [1.54, 1.807) is 21.0 Å². The monoisotopic (exact) mass is 271 g/mol. The summed E-state index contributed by atoms with van der Waals surface area (Å²) in [6.07, 6.45) is 0.284. The van der Waals surface area contributed by atoms with Gasteiger partial charge in [-0.3, -0.25) is 14.9 Å². The largest absolute Gasteiger partial charge is 0.480 e. The highest BCUT2D eigenvalue weighted by Crippen LogP contribution is 2.11. The number of hydrogen-bond acceptors (Lipinski definition) is 5. The minimum atomic E-state index is -0.895. The van der Waals surface area contributed by atoms with Crippen molar-refractivity contribution in [3.63, 3.8) is 0 Å². The van der Waals surface area contributed by atoms with Gasteiger partial charge in [0.05, 0.1) is 12.1 Å². The Labute approximate surface area is 110 Å². The summed E-state index contributed by atoms with van der Waals surface area (Å²) < 4.78 is 0. The number of amides is 1. The van der Waals surface area contributed by atoms with E-state index in [4.69, 9.17) is 5.11 Å². The molecule has 0 unspecified atom stereocenters. The SMILES string of the molecule is C[C@@H](NCc1csc(CC(=O)N(C)C)n1)C(=O)O. The fourth-order valence-corrected chi connectivity index (χ4v) is 1.93. The Morgan fingerprint density at radius 1 is 1.56 bits per heavy atom. The zero-order chi connectivity index (χ0) is 13.7. The van der Waals surface area contributed by atoms with Crippen LogP contribution in [-0.4, -0.2) is 47.0 Å². The van der Waals surface area contributed by atoms with Crippen LogP contribution in [0.4, 0.5) is 0 Å². The number of likely N-dealkylation sites (N-methyl/N-ethyl adjacent to an activating group) is 1. The number of carbonyl (C=O) groups is 2. The number of hydrogen-bond donors (Lipinski definition) is 2. The maximum Gasteiger partial charge on any atom is 0.320 e. The highest BCUT2D eigenvalue weighted by Gasteiger charge is 2.12. The fourth-order valence-electron chi connectivity index (χ4n) is 1.14. The lowest BCUT2D eigenvalue weighted by molar-refractivity contribution is -0.139. The van der Waals surface area contributed by atoms with E-state index in [2.05, 4.69) is 10.3 Å². The maximum atomic E-state index is 11.5. The van der Waals surface area contributed by atoms with Crippen LogP contribution in [0.15, 0.2) is 5.38 Å². The third-order valence-electron chi connectivity index (χ3n) is 2.36. The van der Waals surface area contributed by atoms with Crippen molar-refractivity contribution in [2.45, 2.75) is 25.9 Å². The van der Waals surface area contributed by atoms with Crippen molar-refractivity contribution in [3.8, 4) is 0 Å². The molecule has 0 radical (unpaired) electrons. The third kappa shape index (κ3) is 4.42. The zero-order valence-electron chi connectivity index (χ0n) is 10.6. The molecule has 0 aromatic carbocycles. The van der Waals surface area contributed by atoms with Crippen LogP contribution in [-0.2, 0) is 22.6 Å². The predicted octanol–water partition coefficient (Wildman–Crippen LogP) is 0.336. The molecular formula is C11H17N3O3S. The van der Waals surface area contributed by atoms with Gasteiger partial charge >= 0.3 is 5.97 Å². The van der Waals surface area contributed by atoms with E-state index in [0.29, 0.717) is 6.54 Å². The molecule has 6 nitrogen and oxygen atoms in total. The van der Waals surface area contributed by atoms with Gasteiger partial charge in [0.15, 0.2) is 0 Å². The number of nitrogens with zero attached hydrogens (tertiary/aromatic N) is 2. The molecular weight excluding hydrogens is 254 g/mol. The molecule has 1 heterocycles. The molecule has 1 aromatic heterocycles. The molecule has 0 saturated heterocycles. The molecule has 0 aliphatic heterocycles. The summed E-state index contributed by atoms with van der Waals surface area (Å²) in [7, 11) is 3.40. The highest BCUT2D eigenvalue weighted by atomic mass is 32.1. The van der Waals surface area contributed by atoms with Crippen molar-refractivity contribution in [3.05, 3.63) is 16.1 Å². The molecule has 7 heteroatoms. The Morgan fingerprint density at radius 3 is 2.78 bits per heavy atom. The smallest absolute Gasteiger partial charge is 0.320 e. The molecule has 0 fully saturated rings. The first kappa shape index (κ1) is 14.6. The van der Waals surface area contributed by atoms with Gasteiger partial charge in [0.1, 0.15) is 11.0 Å². The predicted molar refractivity (Wildman–Crippen MR) is 68.4 cm³/mol. The van der Waals surface area contributed by atoms with Gasteiger partial charge in [0.25, 0.3) is 0 Å². The van der Waals surface area contributed by atoms with Crippen molar-refractivity contribution in [1.82, 2.24) is 15.2 Å². The molecule has 1 aromatic rings. The minimum absolute atomic E-state index is 0.00256. The molecule has 0 saturated carbocycles. The molecule has 0 aliphatic rings. The topological polar surface area (TPSA) is 82.5 Å². The average Bonchev–Trinajstić information content (AvgIpc) is 2.73. The van der Waals surface area contributed by atoms with Gasteiger partial charge in [-0.05, 0) is 6.92 Å². The van der Waals surface area contributed by atoms with Crippen LogP contribution in [0.3, 0.4) is 0 Å². The molecule has 1 amide bonds. The summed E-state index contributed by atoms with van der Waals surface area (Å²) in [6, 6.07) is -0.612. The summed E-state index contributed by atoms with van der Waals surface area (Å²) in [5, 5.41) is 14.1. The summed E-state index contributed by atoms with van der Waals surface area (Å²) in [4.78, 5) is 27.9. The second-order valence-electron chi connectivity index (χ2n) is 4.14. The van der Waals surface area contributed by atoms with Crippen LogP contribution >= 0.6 is 11.3 Å². The van der Waals surface area contributed by atoms with Crippen LogP contribution < -0.4 is 5.32 Å². The number of aromatic nitrogens is 1. The maximum absolute atomic E-state index is 11.5. The molecule has 0 spiro atoms. The van der Waals surface area contributed by atoms with E-state index in [1.165, 1.54) is 16.2 Å². The average molecular weight is 271 g/mol. The molecule has 100 valence electrons. The van der Waals surface area contributed by atoms with Crippen LogP contribution in [0.2, 0.25) is 0 Å². The van der Waals surface area contributed by atoms with Crippen LogP contribution in [0.1, 0.15) is 17.6 Å². The zero-order valence-corrected chi connectivity index (χ0v) is 11.5. The normalized spacial score (nSPS) is 12.2. The van der Waals surface area contributed by atoms with Gasteiger partial charge in [-0.25, -0.2) is 4.98 Å². The van der Waals surface area contributed by atoms with Crippen molar-refractivity contribution in [1.29, 1.82) is 0 Å².